The van der Waals surface area contributed by atoms with Gasteiger partial charge in [0.25, 0.3) is 0 Å². The van der Waals surface area contributed by atoms with Gasteiger partial charge in [-0.05, 0) is 6.07 Å². The monoisotopic (exact) mass is 176 g/mol. The van der Waals surface area contributed by atoms with Gasteiger partial charge in [-0.2, -0.15) is 15.4 Å². The zero-order valence-corrected chi connectivity index (χ0v) is 6.75. The van der Waals surface area contributed by atoms with Gasteiger partial charge >= 0.3 is 0 Å². The first-order valence-corrected chi connectivity index (χ1v) is 3.81. The fourth-order valence-corrected chi connectivity index (χ4v) is 1.05. The molecular weight excluding hydrogens is 168 g/mol. The van der Waals surface area contributed by atoms with Gasteiger partial charge in [0.05, 0.1) is 6.20 Å². The summed E-state index contributed by atoms with van der Waals surface area (Å²) in [5.74, 6) is 0. The predicted octanol–water partition coefficient (Wildman–Crippen LogP) is 0.281. The van der Waals surface area contributed by atoms with Crippen LogP contribution in [0.15, 0.2) is 30.7 Å². The molecule has 0 aliphatic carbocycles. The second-order valence-electron chi connectivity index (χ2n) is 2.58. The van der Waals surface area contributed by atoms with Gasteiger partial charge in [-0.1, -0.05) is 6.07 Å². The summed E-state index contributed by atoms with van der Waals surface area (Å²) in [5.41, 5.74) is 1.20. The van der Waals surface area contributed by atoms with Crippen LogP contribution in [0.25, 0.3) is 0 Å². The van der Waals surface area contributed by atoms with Crippen molar-refractivity contribution in [3.8, 4) is 0 Å². The number of H-pyrrole nitrogens is 1. The van der Waals surface area contributed by atoms with Crippen molar-refractivity contribution in [2.24, 2.45) is 0 Å². The minimum Gasteiger partial charge on any atom is -0.382 e. The molecule has 0 fully saturated rings. The molecule has 13 heavy (non-hydrogen) atoms. The highest BCUT2D eigenvalue weighted by Crippen LogP contribution is 2.16. The van der Waals surface area contributed by atoms with Crippen LogP contribution in [-0.4, -0.2) is 25.5 Å². The third-order valence-corrected chi connectivity index (χ3v) is 1.71. The molecule has 0 radical (unpaired) electrons. The summed E-state index contributed by atoms with van der Waals surface area (Å²) in [7, 11) is 0. The van der Waals surface area contributed by atoms with Crippen molar-refractivity contribution >= 4 is 0 Å². The molecule has 0 aliphatic rings. The lowest BCUT2D eigenvalue weighted by atomic mass is 10.1. The Morgan fingerprint density at radius 1 is 1.38 bits per heavy atom. The third kappa shape index (κ3) is 1.54. The van der Waals surface area contributed by atoms with E-state index in [9.17, 15) is 5.11 Å². The van der Waals surface area contributed by atoms with Gasteiger partial charge in [-0.3, -0.25) is 4.98 Å². The van der Waals surface area contributed by atoms with Crippen molar-refractivity contribution in [3.63, 3.8) is 0 Å². The first-order valence-electron chi connectivity index (χ1n) is 3.81. The van der Waals surface area contributed by atoms with Crippen LogP contribution >= 0.6 is 0 Å². The molecule has 2 aromatic rings. The molecule has 2 aromatic heterocycles. The molecular formula is C8H8N4O. The Hall–Kier alpha value is -1.75. The van der Waals surface area contributed by atoms with Crippen molar-refractivity contribution in [1.82, 2.24) is 20.4 Å². The number of hydrogen-bond acceptors (Lipinski definition) is 4. The third-order valence-electron chi connectivity index (χ3n) is 1.71. The number of aromatic nitrogens is 4. The summed E-state index contributed by atoms with van der Waals surface area (Å²) in [5, 5.41) is 19.5. The fraction of sp³-hybridized carbons (Fsp3) is 0.125. The van der Waals surface area contributed by atoms with Crippen LogP contribution in [0, 0.1) is 0 Å². The summed E-state index contributed by atoms with van der Waals surface area (Å²) in [6.07, 6.45) is 3.98. The van der Waals surface area contributed by atoms with Crippen LogP contribution in [0.5, 0.6) is 0 Å². The fourth-order valence-electron chi connectivity index (χ4n) is 1.05. The maximum atomic E-state index is 9.72. The Labute approximate surface area is 74.5 Å². The van der Waals surface area contributed by atoms with Crippen LogP contribution in [-0.2, 0) is 0 Å². The van der Waals surface area contributed by atoms with Crippen LogP contribution in [0.2, 0.25) is 0 Å². The van der Waals surface area contributed by atoms with Gasteiger partial charge in [0.1, 0.15) is 11.8 Å². The minimum absolute atomic E-state index is 0.494. The van der Waals surface area contributed by atoms with E-state index in [-0.39, 0.29) is 0 Å². The van der Waals surface area contributed by atoms with E-state index in [0.29, 0.717) is 11.3 Å². The molecule has 5 heteroatoms. The zero-order chi connectivity index (χ0) is 9.10. The SMILES string of the molecule is OC(c1cccnc1)c1cn[nH]n1. The first-order chi connectivity index (χ1) is 6.38. The van der Waals surface area contributed by atoms with E-state index in [0.717, 1.165) is 0 Å². The van der Waals surface area contributed by atoms with E-state index in [4.69, 9.17) is 0 Å². The number of pyridine rings is 1. The molecule has 0 amide bonds. The van der Waals surface area contributed by atoms with Crippen molar-refractivity contribution in [2.45, 2.75) is 6.10 Å². The van der Waals surface area contributed by atoms with Gasteiger partial charge < -0.3 is 5.11 Å². The van der Waals surface area contributed by atoms with Crippen molar-refractivity contribution in [1.29, 1.82) is 0 Å². The van der Waals surface area contributed by atoms with Gasteiger partial charge in [0, 0.05) is 18.0 Å². The van der Waals surface area contributed by atoms with Crippen molar-refractivity contribution in [3.05, 3.63) is 42.0 Å². The van der Waals surface area contributed by atoms with E-state index in [1.54, 1.807) is 24.5 Å². The number of aliphatic hydroxyl groups is 1. The molecule has 0 saturated heterocycles. The molecule has 2 rings (SSSR count). The predicted molar refractivity (Wildman–Crippen MR) is 44.7 cm³/mol. The number of nitrogens with one attached hydrogen (secondary N) is 1. The maximum absolute atomic E-state index is 9.72. The summed E-state index contributed by atoms with van der Waals surface area (Å²) in [6.45, 7) is 0. The number of aromatic amines is 1. The van der Waals surface area contributed by atoms with Crippen LogP contribution in [0.3, 0.4) is 0 Å². The number of nitrogens with zero attached hydrogens (tertiary/aromatic N) is 3. The molecule has 1 unspecified atom stereocenters. The average molecular weight is 176 g/mol. The topological polar surface area (TPSA) is 74.7 Å². The molecule has 5 nitrogen and oxygen atoms in total. The van der Waals surface area contributed by atoms with Crippen LogP contribution in [0.1, 0.15) is 17.4 Å². The standard InChI is InChI=1S/C8H8N4O/c13-8(7-5-10-12-11-7)6-2-1-3-9-4-6/h1-5,8,13H,(H,10,11,12). The largest absolute Gasteiger partial charge is 0.382 e. The normalized spacial score (nSPS) is 12.7. The second-order valence-corrected chi connectivity index (χ2v) is 2.58. The van der Waals surface area contributed by atoms with Crippen LogP contribution < -0.4 is 0 Å². The Morgan fingerprint density at radius 2 is 2.31 bits per heavy atom. The van der Waals surface area contributed by atoms with Gasteiger partial charge in [-0.15, -0.1) is 0 Å². The molecule has 1 atom stereocenters. The lowest BCUT2D eigenvalue weighted by Crippen LogP contribution is -2.00. The maximum Gasteiger partial charge on any atom is 0.126 e. The van der Waals surface area contributed by atoms with Gasteiger partial charge in [0.2, 0.25) is 0 Å². The lowest BCUT2D eigenvalue weighted by molar-refractivity contribution is 0.215. The summed E-state index contributed by atoms with van der Waals surface area (Å²) < 4.78 is 0. The summed E-state index contributed by atoms with van der Waals surface area (Å²) in [4.78, 5) is 3.90. The molecule has 0 bridgehead atoms. The quantitative estimate of drug-likeness (QED) is 0.689. The number of rotatable bonds is 2. The highest BCUT2D eigenvalue weighted by atomic mass is 16.3. The highest BCUT2D eigenvalue weighted by molar-refractivity contribution is 5.19. The van der Waals surface area contributed by atoms with E-state index >= 15 is 0 Å². The second kappa shape index (κ2) is 3.32. The summed E-state index contributed by atoms with van der Waals surface area (Å²) >= 11 is 0. The molecule has 66 valence electrons. The molecule has 2 heterocycles. The summed E-state index contributed by atoms with van der Waals surface area (Å²) in [6, 6.07) is 3.55. The Bertz CT molecular complexity index is 359. The Kier molecular flexibility index (Phi) is 2.01. The highest BCUT2D eigenvalue weighted by Gasteiger charge is 2.12. The molecule has 0 spiro atoms. The molecule has 2 N–H and O–H groups in total. The van der Waals surface area contributed by atoms with E-state index in [1.165, 1.54) is 6.20 Å². The Balaban J connectivity index is 2.29. The van der Waals surface area contributed by atoms with Crippen molar-refractivity contribution < 1.29 is 5.11 Å². The van der Waals surface area contributed by atoms with Gasteiger partial charge in [0.15, 0.2) is 0 Å². The zero-order valence-electron chi connectivity index (χ0n) is 6.75. The Morgan fingerprint density at radius 3 is 2.92 bits per heavy atom. The van der Waals surface area contributed by atoms with Crippen LogP contribution in [0.4, 0.5) is 0 Å². The molecule has 0 aromatic carbocycles. The van der Waals surface area contributed by atoms with E-state index in [2.05, 4.69) is 20.4 Å². The van der Waals surface area contributed by atoms with Crippen molar-refractivity contribution in [2.75, 3.05) is 0 Å². The number of aliphatic hydroxyl groups excluding tert-OH is 1. The molecule has 0 saturated carbocycles. The number of hydrogen-bond donors (Lipinski definition) is 2. The van der Waals surface area contributed by atoms with Gasteiger partial charge in [-0.25, -0.2) is 0 Å². The average Bonchev–Trinajstić information content (AvgIpc) is 2.71. The van der Waals surface area contributed by atoms with E-state index in [1.807, 2.05) is 0 Å². The molecule has 0 aliphatic heterocycles. The first kappa shape index (κ1) is 7.88. The smallest absolute Gasteiger partial charge is 0.126 e. The van der Waals surface area contributed by atoms with E-state index < -0.39 is 6.10 Å². The minimum atomic E-state index is -0.757. The lowest BCUT2D eigenvalue weighted by Gasteiger charge is -2.05.